The van der Waals surface area contributed by atoms with E-state index in [1.165, 1.54) is 5.56 Å². The van der Waals surface area contributed by atoms with Gasteiger partial charge >= 0.3 is 0 Å². The van der Waals surface area contributed by atoms with Crippen molar-refractivity contribution in [2.24, 2.45) is 11.1 Å². The molecule has 2 nitrogen and oxygen atoms in total. The Kier molecular flexibility index (Phi) is 4.81. The van der Waals surface area contributed by atoms with E-state index >= 15 is 0 Å². The number of rotatable bonds is 6. The van der Waals surface area contributed by atoms with Gasteiger partial charge in [-0.05, 0) is 42.5 Å². The SMILES string of the molecule is CCc1cccc(OCCC(C)(C)CN)c1. The van der Waals surface area contributed by atoms with Crippen molar-refractivity contribution >= 4 is 0 Å². The summed E-state index contributed by atoms with van der Waals surface area (Å²) in [5.41, 5.74) is 7.16. The van der Waals surface area contributed by atoms with Gasteiger partial charge in [-0.15, -0.1) is 0 Å². The molecule has 90 valence electrons. The van der Waals surface area contributed by atoms with Crippen molar-refractivity contribution < 1.29 is 4.74 Å². The van der Waals surface area contributed by atoms with Gasteiger partial charge in [-0.2, -0.15) is 0 Å². The molecular formula is C14H23NO. The highest BCUT2D eigenvalue weighted by molar-refractivity contribution is 5.28. The van der Waals surface area contributed by atoms with E-state index in [0.717, 1.165) is 25.2 Å². The van der Waals surface area contributed by atoms with Crippen molar-refractivity contribution in [2.45, 2.75) is 33.6 Å². The Morgan fingerprint density at radius 2 is 2.06 bits per heavy atom. The number of hydrogen-bond donors (Lipinski definition) is 1. The molecule has 0 unspecified atom stereocenters. The first-order chi connectivity index (χ1) is 7.57. The Bertz CT molecular complexity index is 320. The fraction of sp³-hybridized carbons (Fsp3) is 0.571. The Hall–Kier alpha value is -1.02. The van der Waals surface area contributed by atoms with E-state index in [2.05, 4.69) is 32.9 Å². The molecule has 1 aromatic rings. The minimum atomic E-state index is 0.169. The number of benzene rings is 1. The fourth-order valence-electron chi connectivity index (χ4n) is 1.40. The van der Waals surface area contributed by atoms with Gasteiger partial charge < -0.3 is 10.5 Å². The summed E-state index contributed by atoms with van der Waals surface area (Å²) in [4.78, 5) is 0. The summed E-state index contributed by atoms with van der Waals surface area (Å²) in [7, 11) is 0. The van der Waals surface area contributed by atoms with Gasteiger partial charge in [0.2, 0.25) is 0 Å². The summed E-state index contributed by atoms with van der Waals surface area (Å²) >= 11 is 0. The number of hydrogen-bond acceptors (Lipinski definition) is 2. The van der Waals surface area contributed by atoms with E-state index in [1.807, 2.05) is 12.1 Å². The first kappa shape index (κ1) is 13.0. The normalized spacial score (nSPS) is 11.5. The maximum atomic E-state index is 5.73. The molecule has 2 heteroatoms. The maximum absolute atomic E-state index is 5.73. The smallest absolute Gasteiger partial charge is 0.119 e. The van der Waals surface area contributed by atoms with Crippen LogP contribution in [0.1, 0.15) is 32.8 Å². The topological polar surface area (TPSA) is 35.2 Å². The van der Waals surface area contributed by atoms with E-state index in [0.29, 0.717) is 6.54 Å². The molecule has 0 aliphatic carbocycles. The van der Waals surface area contributed by atoms with E-state index in [9.17, 15) is 0 Å². The zero-order chi connectivity index (χ0) is 12.0. The van der Waals surface area contributed by atoms with E-state index in [4.69, 9.17) is 10.5 Å². The van der Waals surface area contributed by atoms with Crippen molar-refractivity contribution in [1.29, 1.82) is 0 Å². The van der Waals surface area contributed by atoms with Crippen LogP contribution in [0.15, 0.2) is 24.3 Å². The van der Waals surface area contributed by atoms with E-state index < -0.39 is 0 Å². The van der Waals surface area contributed by atoms with Crippen LogP contribution in [0, 0.1) is 5.41 Å². The van der Waals surface area contributed by atoms with Crippen LogP contribution in [-0.4, -0.2) is 13.2 Å². The third-order valence-electron chi connectivity index (χ3n) is 2.91. The summed E-state index contributed by atoms with van der Waals surface area (Å²) < 4.78 is 5.73. The molecule has 0 aliphatic rings. The summed E-state index contributed by atoms with van der Waals surface area (Å²) in [5.74, 6) is 0.965. The lowest BCUT2D eigenvalue weighted by atomic mass is 9.90. The van der Waals surface area contributed by atoms with Crippen LogP contribution in [0.4, 0.5) is 0 Å². The summed E-state index contributed by atoms with van der Waals surface area (Å²) in [6.45, 7) is 7.91. The van der Waals surface area contributed by atoms with Crippen molar-refractivity contribution in [3.05, 3.63) is 29.8 Å². The van der Waals surface area contributed by atoms with Crippen LogP contribution in [0.5, 0.6) is 5.75 Å². The van der Waals surface area contributed by atoms with Crippen molar-refractivity contribution in [3.8, 4) is 5.75 Å². The predicted molar refractivity (Wildman–Crippen MR) is 68.8 cm³/mol. The highest BCUT2D eigenvalue weighted by Gasteiger charge is 2.15. The third-order valence-corrected chi connectivity index (χ3v) is 2.91. The quantitative estimate of drug-likeness (QED) is 0.801. The first-order valence-corrected chi connectivity index (χ1v) is 5.99. The highest BCUT2D eigenvalue weighted by atomic mass is 16.5. The molecule has 0 aliphatic heterocycles. The predicted octanol–water partition coefficient (Wildman–Crippen LogP) is 3.00. The summed E-state index contributed by atoms with van der Waals surface area (Å²) in [5, 5.41) is 0. The van der Waals surface area contributed by atoms with Crippen LogP contribution in [-0.2, 0) is 6.42 Å². The van der Waals surface area contributed by atoms with Crippen LogP contribution in [0.2, 0.25) is 0 Å². The van der Waals surface area contributed by atoms with Crippen LogP contribution >= 0.6 is 0 Å². The van der Waals surface area contributed by atoms with Gasteiger partial charge in [-0.3, -0.25) is 0 Å². The molecule has 0 spiro atoms. The Morgan fingerprint density at radius 1 is 1.31 bits per heavy atom. The molecule has 1 rings (SSSR count). The Labute approximate surface area is 98.8 Å². The lowest BCUT2D eigenvalue weighted by molar-refractivity contribution is 0.233. The van der Waals surface area contributed by atoms with Crippen molar-refractivity contribution in [3.63, 3.8) is 0 Å². The number of aryl methyl sites for hydroxylation is 1. The molecule has 2 N–H and O–H groups in total. The lowest BCUT2D eigenvalue weighted by Gasteiger charge is -2.22. The second kappa shape index (κ2) is 5.90. The van der Waals surface area contributed by atoms with Gasteiger partial charge in [-0.1, -0.05) is 32.9 Å². The minimum Gasteiger partial charge on any atom is -0.494 e. The second-order valence-corrected chi connectivity index (χ2v) is 4.97. The largest absolute Gasteiger partial charge is 0.494 e. The summed E-state index contributed by atoms with van der Waals surface area (Å²) in [6, 6.07) is 8.28. The zero-order valence-corrected chi connectivity index (χ0v) is 10.6. The Balaban J connectivity index is 2.42. The third kappa shape index (κ3) is 4.23. The van der Waals surface area contributed by atoms with E-state index in [1.54, 1.807) is 0 Å². The van der Waals surface area contributed by atoms with Crippen LogP contribution in [0.25, 0.3) is 0 Å². The highest BCUT2D eigenvalue weighted by Crippen LogP contribution is 2.20. The Morgan fingerprint density at radius 3 is 2.69 bits per heavy atom. The summed E-state index contributed by atoms with van der Waals surface area (Å²) in [6.07, 6.45) is 2.03. The number of ether oxygens (including phenoxy) is 1. The van der Waals surface area contributed by atoms with E-state index in [-0.39, 0.29) is 5.41 Å². The standard InChI is InChI=1S/C14H23NO/c1-4-12-6-5-7-13(10-12)16-9-8-14(2,3)11-15/h5-7,10H,4,8-9,11,15H2,1-3H3. The van der Waals surface area contributed by atoms with Gasteiger partial charge in [0.1, 0.15) is 5.75 Å². The molecule has 0 saturated carbocycles. The van der Waals surface area contributed by atoms with Crippen molar-refractivity contribution in [1.82, 2.24) is 0 Å². The van der Waals surface area contributed by atoms with Gasteiger partial charge in [0, 0.05) is 0 Å². The molecule has 0 heterocycles. The first-order valence-electron chi connectivity index (χ1n) is 5.99. The maximum Gasteiger partial charge on any atom is 0.119 e. The molecule has 1 aromatic carbocycles. The van der Waals surface area contributed by atoms with Crippen molar-refractivity contribution in [2.75, 3.05) is 13.2 Å². The molecule has 0 atom stereocenters. The van der Waals surface area contributed by atoms with Gasteiger partial charge in [0.25, 0.3) is 0 Å². The molecule has 0 bridgehead atoms. The van der Waals surface area contributed by atoms with Gasteiger partial charge in [0.05, 0.1) is 6.61 Å². The fourth-order valence-corrected chi connectivity index (χ4v) is 1.40. The molecule has 0 radical (unpaired) electrons. The second-order valence-electron chi connectivity index (χ2n) is 4.97. The minimum absolute atomic E-state index is 0.169. The molecule has 16 heavy (non-hydrogen) atoms. The molecule has 0 amide bonds. The molecular weight excluding hydrogens is 198 g/mol. The monoisotopic (exact) mass is 221 g/mol. The average Bonchev–Trinajstić information content (AvgIpc) is 2.29. The average molecular weight is 221 g/mol. The van der Waals surface area contributed by atoms with Crippen LogP contribution in [0.3, 0.4) is 0 Å². The molecule has 0 saturated heterocycles. The van der Waals surface area contributed by atoms with Gasteiger partial charge in [-0.25, -0.2) is 0 Å². The molecule has 0 aromatic heterocycles. The lowest BCUT2D eigenvalue weighted by Crippen LogP contribution is -2.25. The molecule has 0 fully saturated rings. The van der Waals surface area contributed by atoms with Gasteiger partial charge in [0.15, 0.2) is 0 Å². The number of nitrogens with two attached hydrogens (primary N) is 1. The zero-order valence-electron chi connectivity index (χ0n) is 10.6. The van der Waals surface area contributed by atoms with Crippen LogP contribution < -0.4 is 10.5 Å².